The molecule has 10 atom stereocenters. The third-order valence-electron chi connectivity index (χ3n) is 18.3. The Morgan fingerprint density at radius 1 is 0.426 bits per heavy atom. The fraction of sp³-hybridized carbons (Fsp3) is 0.783. The number of nitrogens with zero attached hydrogens (tertiary/aromatic N) is 3. The molecule has 32 nitrogen and oxygen atoms in total. The lowest BCUT2D eigenvalue weighted by molar-refractivity contribution is -0.146. The lowest BCUT2D eigenvalue weighted by Gasteiger charge is -2.36. The van der Waals surface area contributed by atoms with Crippen LogP contribution in [0.3, 0.4) is 0 Å². The first kappa shape index (κ1) is 87.2. The molecule has 3 aliphatic heterocycles. The molecular formula is C69H119N15O17. The van der Waals surface area contributed by atoms with E-state index >= 15 is 0 Å². The lowest BCUT2D eigenvalue weighted by Crippen LogP contribution is -2.65. The topological polar surface area (TPSA) is 465 Å². The minimum Gasteiger partial charge on any atom is -0.394 e. The molecule has 3 fully saturated rings. The number of likely N-dealkylation sites (tertiary alicyclic amines) is 3. The van der Waals surface area contributed by atoms with E-state index in [0.717, 1.165) is 0 Å². The van der Waals surface area contributed by atoms with Crippen molar-refractivity contribution >= 4 is 88.6 Å². The minimum absolute atomic E-state index is 0.0439. The summed E-state index contributed by atoms with van der Waals surface area (Å²) in [4.78, 5) is 210. The van der Waals surface area contributed by atoms with Gasteiger partial charge in [0.15, 0.2) is 0 Å². The average molecular weight is 1430 g/mol. The van der Waals surface area contributed by atoms with E-state index in [2.05, 4.69) is 58.5 Å². The number of aliphatic hydroxyl groups excluding tert-OH is 2. The molecule has 0 aromatic heterocycles. The molecule has 0 aromatic carbocycles. The predicted octanol–water partition coefficient (Wildman–Crippen LogP) is -1.20. The van der Waals surface area contributed by atoms with Crippen molar-refractivity contribution in [1.82, 2.24) is 73.2 Å². The maximum Gasteiger partial charge on any atom is 0.248 e. The molecule has 3 heterocycles. The normalized spacial score (nSPS) is 18.8. The van der Waals surface area contributed by atoms with Gasteiger partial charge in [0.2, 0.25) is 88.6 Å². The zero-order chi connectivity index (χ0) is 77.2. The summed E-state index contributed by atoms with van der Waals surface area (Å²) >= 11 is 0. The highest BCUT2D eigenvalue weighted by Crippen LogP contribution is 2.27. The Bertz CT molecular complexity index is 3020. The van der Waals surface area contributed by atoms with Gasteiger partial charge < -0.3 is 89.1 Å². The quantitative estimate of drug-likeness (QED) is 0.0347. The van der Waals surface area contributed by atoms with E-state index in [-0.39, 0.29) is 82.5 Å². The van der Waals surface area contributed by atoms with Crippen LogP contribution in [0.25, 0.3) is 0 Å². The number of nitrogens with two attached hydrogens (primary N) is 1. The summed E-state index contributed by atoms with van der Waals surface area (Å²) < 4.78 is 0. The van der Waals surface area contributed by atoms with Crippen molar-refractivity contribution in [2.24, 2.45) is 29.4 Å². The van der Waals surface area contributed by atoms with Crippen LogP contribution in [-0.2, 0) is 71.9 Å². The first-order chi connectivity index (χ1) is 46.6. The van der Waals surface area contributed by atoms with Crippen molar-refractivity contribution in [3.63, 3.8) is 0 Å². The van der Waals surface area contributed by atoms with Gasteiger partial charge in [-0.05, 0) is 157 Å². The Balaban J connectivity index is 1.72. The number of carbonyl (C=O) groups excluding carboxylic acids is 15. The SMILES string of the molecule is CC[C@H](C)[C@H](NC(=O)[C@H](CO)NC(=O)[C@@H]1CCCN1C(=O)C(C)(C)NC(=O)[C@H](CC(C)C)NC(=O)[C@H](CCC(N)=O)NC(=O)C(C)(C)NC(C)=O)C(=O)NC(C)(C)C(=O)N1CCC[C@H]1C(=O)NC(C)(C)C(=O)N[C@@H](CC(C)C)C(=O)NC(C)(C)C(=O)N1CCC[C@H]1C(=O)N[C@H](CO)CC(C)C. The highest BCUT2D eigenvalue weighted by atomic mass is 16.3. The molecule has 101 heavy (non-hydrogen) atoms. The van der Waals surface area contributed by atoms with E-state index in [4.69, 9.17) is 5.73 Å². The monoisotopic (exact) mass is 1430 g/mol. The van der Waals surface area contributed by atoms with Crippen LogP contribution in [0.4, 0.5) is 0 Å². The Morgan fingerprint density at radius 3 is 1.19 bits per heavy atom. The molecule has 0 unspecified atom stereocenters. The first-order valence-corrected chi connectivity index (χ1v) is 35.4. The van der Waals surface area contributed by atoms with Gasteiger partial charge in [-0.3, -0.25) is 71.9 Å². The largest absolute Gasteiger partial charge is 0.394 e. The third-order valence-corrected chi connectivity index (χ3v) is 18.3. The minimum atomic E-state index is -1.73. The Labute approximate surface area is 594 Å². The summed E-state index contributed by atoms with van der Waals surface area (Å²) in [5.74, 6) is -11.6. The highest BCUT2D eigenvalue weighted by Gasteiger charge is 2.48. The molecule has 3 aliphatic rings. The number of hydrogen-bond acceptors (Lipinski definition) is 17. The van der Waals surface area contributed by atoms with Gasteiger partial charge in [0.05, 0.1) is 19.3 Å². The van der Waals surface area contributed by atoms with Crippen molar-refractivity contribution in [3.05, 3.63) is 0 Å². The van der Waals surface area contributed by atoms with Crippen molar-refractivity contribution in [1.29, 1.82) is 0 Å². The van der Waals surface area contributed by atoms with Crippen LogP contribution in [0.2, 0.25) is 0 Å². The Hall–Kier alpha value is -8.03. The molecule has 0 bridgehead atoms. The molecule has 15 amide bonds. The van der Waals surface area contributed by atoms with Gasteiger partial charge in [-0.2, -0.15) is 0 Å². The molecule has 0 aliphatic carbocycles. The van der Waals surface area contributed by atoms with Crippen LogP contribution in [-0.4, -0.2) is 228 Å². The highest BCUT2D eigenvalue weighted by molar-refractivity contribution is 6.02. The molecule has 0 radical (unpaired) electrons. The van der Waals surface area contributed by atoms with E-state index in [1.807, 2.05) is 27.7 Å². The Kier molecular flexibility index (Phi) is 32.1. The van der Waals surface area contributed by atoms with Gasteiger partial charge in [-0.25, -0.2) is 0 Å². The molecule has 0 spiro atoms. The Morgan fingerprint density at radius 2 is 0.802 bits per heavy atom. The lowest BCUT2D eigenvalue weighted by atomic mass is 9.95. The standard InChI is InChI=1S/C69H119N15O17/c1-20-40(8)51(76-53(90)46(36-86)73-57(94)48-25-22-30-83(48)63(100)67(14,15)78-54(91)44(33-38(4)5)72-52(89)43(27-28-50(70)88)74-60(97)65(10,11)77-41(9)87)59(96)81-69(18,19)64(101)84-31-23-26-49(84)58(95)80-66(12,13)61(98)75-45(34-39(6)7)55(92)79-68(16,17)62(99)82-29-21-24-47(82)56(93)71-42(35-85)32-37(2)3/h37-40,42-49,51,85-86H,20-36H2,1-19H3,(H2,70,88)(H,71,93)(H,72,89)(H,73,94)(H,74,97)(H,75,98)(H,76,90)(H,77,87)(H,78,91)(H,79,92)(H,80,95)(H,81,96)/t40-,42-,43-,44-,45-,46-,47-,48-,49-,51-/m0/s1. The van der Waals surface area contributed by atoms with Gasteiger partial charge in [-0.1, -0.05) is 61.8 Å². The molecule has 15 N–H and O–H groups in total. The fourth-order valence-electron chi connectivity index (χ4n) is 12.6. The van der Waals surface area contributed by atoms with Crippen LogP contribution in [0, 0.1) is 23.7 Å². The maximum absolute atomic E-state index is 14.5. The summed E-state index contributed by atoms with van der Waals surface area (Å²) in [5, 5.41) is 49.7. The zero-order valence-electron chi connectivity index (χ0n) is 63.0. The van der Waals surface area contributed by atoms with Gasteiger partial charge >= 0.3 is 0 Å². The smallest absolute Gasteiger partial charge is 0.248 e. The summed E-state index contributed by atoms with van der Waals surface area (Å²) in [7, 11) is 0. The first-order valence-electron chi connectivity index (χ1n) is 35.4. The summed E-state index contributed by atoms with van der Waals surface area (Å²) in [6.07, 6.45) is 2.36. The molecule has 572 valence electrons. The van der Waals surface area contributed by atoms with E-state index in [1.165, 1.54) is 90.9 Å². The third kappa shape index (κ3) is 25.2. The maximum atomic E-state index is 14.5. The predicted molar refractivity (Wildman–Crippen MR) is 373 cm³/mol. The average Bonchev–Trinajstić information content (AvgIpc) is 1.77. The molecule has 0 saturated carbocycles. The molecule has 0 aromatic rings. The number of carbonyl (C=O) groups is 15. The van der Waals surface area contributed by atoms with Crippen LogP contribution >= 0.6 is 0 Å². The second-order valence-corrected chi connectivity index (χ2v) is 31.2. The number of amides is 15. The number of nitrogens with one attached hydrogen (secondary N) is 11. The van der Waals surface area contributed by atoms with Gasteiger partial charge in [-0.15, -0.1) is 0 Å². The molecular weight excluding hydrogens is 1310 g/mol. The van der Waals surface area contributed by atoms with E-state index in [9.17, 15) is 82.1 Å². The number of aliphatic hydroxyl groups is 2. The van der Waals surface area contributed by atoms with Crippen LogP contribution in [0.15, 0.2) is 0 Å². The van der Waals surface area contributed by atoms with Gasteiger partial charge in [0.1, 0.15) is 76.0 Å². The van der Waals surface area contributed by atoms with E-state index in [0.29, 0.717) is 38.5 Å². The fourth-order valence-corrected chi connectivity index (χ4v) is 12.6. The van der Waals surface area contributed by atoms with Crippen molar-refractivity contribution in [2.75, 3.05) is 32.8 Å². The van der Waals surface area contributed by atoms with Crippen molar-refractivity contribution in [2.45, 2.75) is 291 Å². The number of rotatable bonds is 37. The molecule has 32 heteroatoms. The summed E-state index contributed by atoms with van der Waals surface area (Å²) in [6.45, 7) is 29.2. The van der Waals surface area contributed by atoms with E-state index < -0.39 is 183 Å². The second kappa shape index (κ2) is 37.2. The number of primary amides is 1. The summed E-state index contributed by atoms with van der Waals surface area (Å²) in [6, 6.07) is -10.5. The van der Waals surface area contributed by atoms with Gasteiger partial charge in [0.25, 0.3) is 0 Å². The second-order valence-electron chi connectivity index (χ2n) is 31.2. The molecule has 3 saturated heterocycles. The van der Waals surface area contributed by atoms with Crippen LogP contribution < -0.4 is 64.2 Å². The van der Waals surface area contributed by atoms with Gasteiger partial charge in [0, 0.05) is 33.0 Å². The number of hydrogen-bond donors (Lipinski definition) is 14. The summed E-state index contributed by atoms with van der Waals surface area (Å²) in [5.41, 5.74) is -2.79. The van der Waals surface area contributed by atoms with E-state index in [1.54, 1.807) is 27.7 Å². The van der Waals surface area contributed by atoms with Crippen LogP contribution in [0.5, 0.6) is 0 Å². The van der Waals surface area contributed by atoms with Crippen molar-refractivity contribution < 1.29 is 82.1 Å². The van der Waals surface area contributed by atoms with Crippen molar-refractivity contribution in [3.8, 4) is 0 Å². The zero-order valence-corrected chi connectivity index (χ0v) is 63.0. The molecule has 3 rings (SSSR count). The van der Waals surface area contributed by atoms with Crippen LogP contribution in [0.1, 0.15) is 209 Å².